The van der Waals surface area contributed by atoms with Crippen LogP contribution in [0.3, 0.4) is 0 Å². The summed E-state index contributed by atoms with van der Waals surface area (Å²) in [6.07, 6.45) is 0. The van der Waals surface area contributed by atoms with Gasteiger partial charge in [-0.3, -0.25) is 4.79 Å². The van der Waals surface area contributed by atoms with Gasteiger partial charge in [-0.2, -0.15) is 0 Å². The van der Waals surface area contributed by atoms with Crippen LogP contribution < -0.4 is 10.2 Å². The number of carbonyl (C=O) groups is 1. The number of benzene rings is 1. The van der Waals surface area contributed by atoms with Gasteiger partial charge in [-0.25, -0.2) is 9.97 Å². The van der Waals surface area contributed by atoms with Crippen molar-refractivity contribution >= 4 is 33.3 Å². The Kier molecular flexibility index (Phi) is 5.71. The maximum absolute atomic E-state index is 12.5. The second-order valence-corrected chi connectivity index (χ2v) is 6.16. The molecule has 6 heteroatoms. The average Bonchev–Trinajstić information content (AvgIpc) is 2.50. The SMILES string of the molecule is CCN(CC)c1cc(C(=O)Nc2ccc(Br)cc2C)nc(C)n1. The zero-order valence-corrected chi connectivity index (χ0v) is 15.4. The minimum absolute atomic E-state index is 0.227. The van der Waals surface area contributed by atoms with Crippen LogP contribution in [-0.2, 0) is 0 Å². The van der Waals surface area contributed by atoms with Gasteiger partial charge in [0.05, 0.1) is 0 Å². The number of carbonyl (C=O) groups excluding carboxylic acids is 1. The fourth-order valence-electron chi connectivity index (χ4n) is 2.33. The Morgan fingerprint density at radius 1 is 1.17 bits per heavy atom. The molecule has 122 valence electrons. The van der Waals surface area contributed by atoms with Crippen LogP contribution in [0.2, 0.25) is 0 Å². The molecule has 0 aliphatic carbocycles. The van der Waals surface area contributed by atoms with E-state index in [1.165, 1.54) is 0 Å². The number of anilines is 2. The van der Waals surface area contributed by atoms with Crippen LogP contribution in [0.1, 0.15) is 35.7 Å². The smallest absolute Gasteiger partial charge is 0.274 e. The number of aromatic nitrogens is 2. The number of rotatable bonds is 5. The number of amides is 1. The van der Waals surface area contributed by atoms with Crippen LogP contribution in [-0.4, -0.2) is 29.0 Å². The van der Waals surface area contributed by atoms with E-state index in [0.717, 1.165) is 34.6 Å². The number of hydrogen-bond acceptors (Lipinski definition) is 4. The molecule has 5 nitrogen and oxygen atoms in total. The van der Waals surface area contributed by atoms with Crippen LogP contribution in [0.25, 0.3) is 0 Å². The van der Waals surface area contributed by atoms with Gasteiger partial charge in [-0.15, -0.1) is 0 Å². The predicted molar refractivity (Wildman–Crippen MR) is 97.2 cm³/mol. The molecule has 1 aromatic carbocycles. The van der Waals surface area contributed by atoms with Gasteiger partial charge in [0.1, 0.15) is 17.3 Å². The standard InChI is InChI=1S/C17H21BrN4O/c1-5-22(6-2)16-10-15(19-12(4)20-16)17(23)21-14-8-7-13(18)9-11(14)3/h7-10H,5-6H2,1-4H3,(H,21,23). The summed E-state index contributed by atoms with van der Waals surface area (Å²) >= 11 is 3.42. The summed E-state index contributed by atoms with van der Waals surface area (Å²) in [5, 5.41) is 2.91. The van der Waals surface area contributed by atoms with E-state index in [4.69, 9.17) is 0 Å². The van der Waals surface area contributed by atoms with Crippen LogP contribution in [0.15, 0.2) is 28.7 Å². The Balaban J connectivity index is 2.28. The van der Waals surface area contributed by atoms with E-state index in [0.29, 0.717) is 11.5 Å². The van der Waals surface area contributed by atoms with Crippen molar-refractivity contribution in [3.05, 3.63) is 45.8 Å². The molecule has 1 amide bonds. The largest absolute Gasteiger partial charge is 0.357 e. The highest BCUT2D eigenvalue weighted by Crippen LogP contribution is 2.21. The van der Waals surface area contributed by atoms with E-state index < -0.39 is 0 Å². The van der Waals surface area contributed by atoms with Crippen molar-refractivity contribution in [1.29, 1.82) is 0 Å². The molecule has 0 aliphatic rings. The normalized spacial score (nSPS) is 10.5. The van der Waals surface area contributed by atoms with E-state index in [2.05, 4.69) is 50.0 Å². The van der Waals surface area contributed by atoms with Gasteiger partial charge >= 0.3 is 0 Å². The third kappa shape index (κ3) is 4.28. The summed E-state index contributed by atoms with van der Waals surface area (Å²) in [5.74, 6) is 1.14. The van der Waals surface area contributed by atoms with Crippen molar-refractivity contribution in [3.63, 3.8) is 0 Å². The number of halogens is 1. The van der Waals surface area contributed by atoms with Crippen LogP contribution in [0.4, 0.5) is 11.5 Å². The van der Waals surface area contributed by atoms with Crippen molar-refractivity contribution < 1.29 is 4.79 Å². The molecule has 0 spiro atoms. The van der Waals surface area contributed by atoms with Crippen molar-refractivity contribution in [2.24, 2.45) is 0 Å². The maximum Gasteiger partial charge on any atom is 0.274 e. The molecule has 23 heavy (non-hydrogen) atoms. The van der Waals surface area contributed by atoms with E-state index in [1.54, 1.807) is 13.0 Å². The Bertz CT molecular complexity index is 714. The second-order valence-electron chi connectivity index (χ2n) is 5.24. The summed E-state index contributed by atoms with van der Waals surface area (Å²) in [4.78, 5) is 23.3. The van der Waals surface area contributed by atoms with Gasteiger partial charge in [0.2, 0.25) is 0 Å². The second kappa shape index (κ2) is 7.55. The number of nitrogens with one attached hydrogen (secondary N) is 1. The Morgan fingerprint density at radius 3 is 2.48 bits per heavy atom. The first-order chi connectivity index (χ1) is 10.9. The lowest BCUT2D eigenvalue weighted by Gasteiger charge is -2.20. The summed E-state index contributed by atoms with van der Waals surface area (Å²) in [6.45, 7) is 9.54. The first-order valence-electron chi connectivity index (χ1n) is 7.62. The lowest BCUT2D eigenvalue weighted by atomic mass is 10.2. The lowest BCUT2D eigenvalue weighted by molar-refractivity contribution is 0.102. The molecule has 1 aromatic heterocycles. The first kappa shape index (κ1) is 17.4. The van der Waals surface area contributed by atoms with Crippen molar-refractivity contribution in [2.45, 2.75) is 27.7 Å². The van der Waals surface area contributed by atoms with Gasteiger partial charge < -0.3 is 10.2 Å². The monoisotopic (exact) mass is 376 g/mol. The average molecular weight is 377 g/mol. The van der Waals surface area contributed by atoms with Crippen LogP contribution in [0.5, 0.6) is 0 Å². The molecular formula is C17H21BrN4O. The van der Waals surface area contributed by atoms with Crippen molar-refractivity contribution in [2.75, 3.05) is 23.3 Å². The summed E-state index contributed by atoms with van der Waals surface area (Å²) in [6, 6.07) is 7.47. The highest BCUT2D eigenvalue weighted by atomic mass is 79.9. The fraction of sp³-hybridized carbons (Fsp3) is 0.353. The molecule has 1 N–H and O–H groups in total. The zero-order chi connectivity index (χ0) is 17.0. The topological polar surface area (TPSA) is 58.1 Å². The molecule has 0 saturated heterocycles. The molecule has 0 radical (unpaired) electrons. The highest BCUT2D eigenvalue weighted by molar-refractivity contribution is 9.10. The Hall–Kier alpha value is -1.95. The van der Waals surface area contributed by atoms with Gasteiger partial charge in [0, 0.05) is 29.3 Å². The van der Waals surface area contributed by atoms with E-state index in [-0.39, 0.29) is 5.91 Å². The highest BCUT2D eigenvalue weighted by Gasteiger charge is 2.14. The molecule has 1 heterocycles. The maximum atomic E-state index is 12.5. The summed E-state index contributed by atoms with van der Waals surface area (Å²) in [7, 11) is 0. The molecule has 0 atom stereocenters. The number of nitrogens with zero attached hydrogens (tertiary/aromatic N) is 3. The Morgan fingerprint density at radius 2 is 1.87 bits per heavy atom. The molecular weight excluding hydrogens is 356 g/mol. The van der Waals surface area contributed by atoms with Gasteiger partial charge in [0.25, 0.3) is 5.91 Å². The number of hydrogen-bond donors (Lipinski definition) is 1. The molecule has 0 fully saturated rings. The van der Waals surface area contributed by atoms with Crippen molar-refractivity contribution in [3.8, 4) is 0 Å². The third-order valence-corrected chi connectivity index (χ3v) is 4.07. The predicted octanol–water partition coefficient (Wildman–Crippen LogP) is 3.95. The summed E-state index contributed by atoms with van der Waals surface area (Å²) in [5.41, 5.74) is 2.14. The lowest BCUT2D eigenvalue weighted by Crippen LogP contribution is -2.25. The van der Waals surface area contributed by atoms with Gasteiger partial charge in [0.15, 0.2) is 0 Å². The Labute approximate surface area is 145 Å². The van der Waals surface area contributed by atoms with E-state index in [1.807, 2.05) is 25.1 Å². The number of aryl methyl sites for hydroxylation is 2. The quantitative estimate of drug-likeness (QED) is 0.857. The van der Waals surface area contributed by atoms with Crippen LogP contribution in [0, 0.1) is 13.8 Å². The molecule has 0 unspecified atom stereocenters. The minimum Gasteiger partial charge on any atom is -0.357 e. The first-order valence-corrected chi connectivity index (χ1v) is 8.42. The van der Waals surface area contributed by atoms with E-state index in [9.17, 15) is 4.79 Å². The zero-order valence-electron chi connectivity index (χ0n) is 13.9. The van der Waals surface area contributed by atoms with Gasteiger partial charge in [-0.05, 0) is 51.5 Å². The summed E-state index contributed by atoms with van der Waals surface area (Å²) < 4.78 is 0.981. The molecule has 0 bridgehead atoms. The minimum atomic E-state index is -0.227. The van der Waals surface area contributed by atoms with E-state index >= 15 is 0 Å². The molecule has 0 aliphatic heterocycles. The third-order valence-electron chi connectivity index (χ3n) is 3.58. The van der Waals surface area contributed by atoms with Gasteiger partial charge in [-0.1, -0.05) is 15.9 Å². The molecule has 2 rings (SSSR count). The van der Waals surface area contributed by atoms with Crippen molar-refractivity contribution in [1.82, 2.24) is 9.97 Å². The molecule has 0 saturated carbocycles. The molecule has 2 aromatic rings. The van der Waals surface area contributed by atoms with Crippen LogP contribution >= 0.6 is 15.9 Å². The fourth-order valence-corrected chi connectivity index (χ4v) is 2.81.